The van der Waals surface area contributed by atoms with E-state index in [-0.39, 0.29) is 39.5 Å². The Morgan fingerprint density at radius 3 is 2.86 bits per heavy atom. The Bertz CT molecular complexity index is 727. The monoisotopic (exact) mass is 326 g/mol. The van der Waals surface area contributed by atoms with Crippen LogP contribution in [0.5, 0.6) is 0 Å². The molecule has 4 nitrogen and oxygen atoms in total. The molecule has 1 aromatic carbocycles. The molecular formula is C14H10ClFNO3S+. The van der Waals surface area contributed by atoms with Gasteiger partial charge in [0.2, 0.25) is 0 Å². The van der Waals surface area contributed by atoms with Crippen molar-refractivity contribution in [2.24, 2.45) is 0 Å². The highest BCUT2D eigenvalue weighted by molar-refractivity contribution is 7.64. The van der Waals surface area contributed by atoms with Crippen LogP contribution in [0.15, 0.2) is 22.9 Å². The van der Waals surface area contributed by atoms with Crippen molar-refractivity contribution < 1.29 is 17.9 Å². The van der Waals surface area contributed by atoms with E-state index in [9.17, 15) is 13.4 Å². The summed E-state index contributed by atoms with van der Waals surface area (Å²) in [6.07, 6.45) is 3.25. The lowest BCUT2D eigenvalue weighted by atomic mass is 9.98. The van der Waals surface area contributed by atoms with Gasteiger partial charge in [-0.2, -0.15) is 0 Å². The second-order valence-electron chi connectivity index (χ2n) is 4.86. The van der Waals surface area contributed by atoms with Crippen molar-refractivity contribution >= 4 is 29.1 Å². The van der Waals surface area contributed by atoms with Gasteiger partial charge in [0.1, 0.15) is 0 Å². The molecule has 108 valence electrons. The molecule has 21 heavy (non-hydrogen) atoms. The maximum absolute atomic E-state index is 14.0. The van der Waals surface area contributed by atoms with Crippen molar-refractivity contribution in [3.63, 3.8) is 0 Å². The van der Waals surface area contributed by atoms with E-state index in [0.717, 1.165) is 12.8 Å². The molecule has 1 fully saturated rings. The summed E-state index contributed by atoms with van der Waals surface area (Å²) in [5, 5.41) is 3.55. The van der Waals surface area contributed by atoms with Gasteiger partial charge in [-0.25, -0.2) is 4.39 Å². The van der Waals surface area contributed by atoms with E-state index in [2.05, 4.69) is 5.16 Å². The van der Waals surface area contributed by atoms with Gasteiger partial charge < -0.3 is 4.52 Å². The Labute approximate surface area is 128 Å². The van der Waals surface area contributed by atoms with Crippen molar-refractivity contribution in [1.82, 2.24) is 5.16 Å². The van der Waals surface area contributed by atoms with Crippen LogP contribution in [0.4, 0.5) is 4.39 Å². The standard InChI is InChI=1S/C14H10ClFNO3S/c15-11-4-3-8(10(6-21-19)12(11)16)13(18)9-5-17-20-14(9)7-1-2-7/h3-5,7H,1-2,6H2/q+1. The van der Waals surface area contributed by atoms with Gasteiger partial charge in [-0.05, 0) is 25.0 Å². The molecule has 2 aromatic rings. The minimum absolute atomic E-state index is 0.0236. The number of rotatable bonds is 5. The van der Waals surface area contributed by atoms with E-state index in [4.69, 9.17) is 16.1 Å². The van der Waals surface area contributed by atoms with Crippen LogP contribution in [0.2, 0.25) is 5.02 Å². The quantitative estimate of drug-likeness (QED) is 0.623. The van der Waals surface area contributed by atoms with Gasteiger partial charge in [-0.1, -0.05) is 16.8 Å². The fourth-order valence-corrected chi connectivity index (χ4v) is 2.79. The highest BCUT2D eigenvalue weighted by atomic mass is 35.5. The molecule has 0 unspecified atom stereocenters. The van der Waals surface area contributed by atoms with Gasteiger partial charge in [0, 0.05) is 15.7 Å². The smallest absolute Gasteiger partial charge is 0.360 e. The SMILES string of the molecule is O=[S+]Cc1c(C(=O)c2cnoc2C2CC2)ccc(Cl)c1F. The van der Waals surface area contributed by atoms with Crippen molar-refractivity contribution in [2.45, 2.75) is 24.5 Å². The number of benzene rings is 1. The molecule has 0 atom stereocenters. The third kappa shape index (κ3) is 2.61. The first-order valence-electron chi connectivity index (χ1n) is 6.34. The van der Waals surface area contributed by atoms with E-state index in [1.807, 2.05) is 0 Å². The molecule has 1 aromatic heterocycles. The fraction of sp³-hybridized carbons (Fsp3) is 0.286. The van der Waals surface area contributed by atoms with Crippen molar-refractivity contribution in [3.8, 4) is 0 Å². The van der Waals surface area contributed by atoms with Gasteiger partial charge in [0.15, 0.2) is 17.4 Å². The molecule has 0 saturated heterocycles. The summed E-state index contributed by atoms with van der Waals surface area (Å²) in [6.45, 7) is 0. The first kappa shape index (κ1) is 14.3. The summed E-state index contributed by atoms with van der Waals surface area (Å²) in [5.74, 6) is -0.539. The molecular weight excluding hydrogens is 317 g/mol. The first-order chi connectivity index (χ1) is 10.1. The summed E-state index contributed by atoms with van der Waals surface area (Å²) in [5.41, 5.74) is 0.483. The number of aromatic nitrogens is 1. The zero-order valence-electron chi connectivity index (χ0n) is 10.8. The van der Waals surface area contributed by atoms with Gasteiger partial charge in [-0.15, -0.1) is 0 Å². The Morgan fingerprint density at radius 1 is 1.43 bits per heavy atom. The van der Waals surface area contributed by atoms with Gasteiger partial charge in [-0.3, -0.25) is 4.79 Å². The molecule has 0 spiro atoms. The summed E-state index contributed by atoms with van der Waals surface area (Å²) in [6, 6.07) is 2.75. The Kier molecular flexibility index (Phi) is 3.82. The highest BCUT2D eigenvalue weighted by Gasteiger charge is 2.34. The predicted octanol–water partition coefficient (Wildman–Crippen LogP) is 3.50. The van der Waals surface area contributed by atoms with Crippen LogP contribution in [0.1, 0.15) is 46.0 Å². The number of halogens is 2. The predicted molar refractivity (Wildman–Crippen MR) is 75.1 cm³/mol. The van der Waals surface area contributed by atoms with Crippen LogP contribution < -0.4 is 0 Å². The number of nitrogens with zero attached hydrogens (tertiary/aromatic N) is 1. The fourth-order valence-electron chi connectivity index (χ4n) is 2.21. The third-order valence-corrected chi connectivity index (χ3v) is 4.13. The molecule has 0 amide bonds. The van der Waals surface area contributed by atoms with E-state index >= 15 is 0 Å². The maximum Gasteiger partial charge on any atom is 0.463 e. The second kappa shape index (κ2) is 5.61. The Morgan fingerprint density at radius 2 is 2.19 bits per heavy atom. The average Bonchev–Trinajstić information content (AvgIpc) is 3.21. The first-order valence-corrected chi connectivity index (χ1v) is 7.63. The van der Waals surface area contributed by atoms with E-state index in [1.165, 1.54) is 18.3 Å². The van der Waals surface area contributed by atoms with Crippen molar-refractivity contribution in [2.75, 3.05) is 0 Å². The summed E-state index contributed by atoms with van der Waals surface area (Å²) in [4.78, 5) is 12.6. The second-order valence-corrected chi connectivity index (χ2v) is 5.79. The number of carbonyl (C=O) groups excluding carboxylic acids is 1. The normalized spacial score (nSPS) is 14.2. The molecule has 1 aliphatic rings. The van der Waals surface area contributed by atoms with Crippen LogP contribution in [-0.2, 0) is 21.6 Å². The summed E-state index contributed by atoms with van der Waals surface area (Å²) < 4.78 is 29.9. The highest BCUT2D eigenvalue weighted by Crippen LogP contribution is 2.42. The van der Waals surface area contributed by atoms with Gasteiger partial charge in [0.05, 0.1) is 22.3 Å². The van der Waals surface area contributed by atoms with Crippen molar-refractivity contribution in [1.29, 1.82) is 0 Å². The van der Waals surface area contributed by atoms with Crippen LogP contribution >= 0.6 is 11.6 Å². The number of carbonyl (C=O) groups is 1. The minimum Gasteiger partial charge on any atom is -0.360 e. The topological polar surface area (TPSA) is 60.2 Å². The molecule has 7 heteroatoms. The number of ketones is 1. The molecule has 1 heterocycles. The molecule has 0 aliphatic heterocycles. The zero-order chi connectivity index (χ0) is 15.0. The van der Waals surface area contributed by atoms with E-state index in [0.29, 0.717) is 11.3 Å². The minimum atomic E-state index is -0.727. The average molecular weight is 327 g/mol. The number of hydrogen-bond acceptors (Lipinski definition) is 4. The largest absolute Gasteiger partial charge is 0.463 e. The van der Waals surface area contributed by atoms with Gasteiger partial charge >= 0.3 is 11.7 Å². The number of hydrogen-bond donors (Lipinski definition) is 0. The van der Waals surface area contributed by atoms with Crippen LogP contribution in [0.3, 0.4) is 0 Å². The Balaban J connectivity index is 2.06. The zero-order valence-corrected chi connectivity index (χ0v) is 12.3. The lowest BCUT2D eigenvalue weighted by molar-refractivity contribution is 0.103. The molecule has 0 N–H and O–H groups in total. The van der Waals surface area contributed by atoms with Crippen molar-refractivity contribution in [3.05, 3.63) is 51.6 Å². The maximum atomic E-state index is 14.0. The molecule has 0 radical (unpaired) electrons. The molecule has 0 bridgehead atoms. The molecule has 1 saturated carbocycles. The Hall–Kier alpha value is -1.66. The van der Waals surface area contributed by atoms with E-state index < -0.39 is 11.6 Å². The summed E-state index contributed by atoms with van der Waals surface area (Å²) in [7, 11) is 0. The van der Waals surface area contributed by atoms with E-state index in [1.54, 1.807) is 0 Å². The van der Waals surface area contributed by atoms with Gasteiger partial charge in [0.25, 0.3) is 5.75 Å². The molecule has 3 rings (SSSR count). The lowest BCUT2D eigenvalue weighted by Crippen LogP contribution is -2.08. The van der Waals surface area contributed by atoms with Crippen LogP contribution in [0.25, 0.3) is 0 Å². The lowest BCUT2D eigenvalue weighted by Gasteiger charge is -2.06. The third-order valence-electron chi connectivity index (χ3n) is 3.44. The van der Waals surface area contributed by atoms with Crippen LogP contribution in [0, 0.1) is 5.82 Å². The van der Waals surface area contributed by atoms with Crippen LogP contribution in [-0.4, -0.2) is 10.9 Å². The summed E-state index contributed by atoms with van der Waals surface area (Å²) >= 11 is 5.90. The molecule has 1 aliphatic carbocycles.